The maximum absolute atomic E-state index is 13.0. The second-order valence-corrected chi connectivity index (χ2v) is 8.09. The molecule has 2 aliphatic rings. The zero-order valence-corrected chi connectivity index (χ0v) is 16.0. The average molecular weight is 367 g/mol. The molecule has 0 radical (unpaired) electrons. The molecule has 1 saturated heterocycles. The predicted octanol–water partition coefficient (Wildman–Crippen LogP) is 3.12. The molecule has 27 heavy (non-hydrogen) atoms. The number of hydrogen-bond acceptors (Lipinski definition) is 3. The lowest BCUT2D eigenvalue weighted by Crippen LogP contribution is -2.40. The Morgan fingerprint density at radius 1 is 1.19 bits per heavy atom. The van der Waals surface area contributed by atoms with E-state index < -0.39 is 5.97 Å². The van der Waals surface area contributed by atoms with Gasteiger partial charge in [0.25, 0.3) is 5.91 Å². The van der Waals surface area contributed by atoms with E-state index in [1.54, 1.807) is 6.20 Å². The fourth-order valence-corrected chi connectivity index (χ4v) is 4.38. The van der Waals surface area contributed by atoms with Gasteiger partial charge in [0, 0.05) is 13.1 Å². The minimum absolute atomic E-state index is 0.00793. The first-order valence-corrected chi connectivity index (χ1v) is 9.47. The molecule has 1 aromatic heterocycles. The number of amides is 1. The van der Waals surface area contributed by atoms with Gasteiger partial charge in [-0.15, -0.1) is 0 Å². The third-order valence-corrected chi connectivity index (χ3v) is 6.37. The van der Waals surface area contributed by atoms with Crippen molar-refractivity contribution < 1.29 is 14.7 Å². The highest BCUT2D eigenvalue weighted by atomic mass is 16.4. The molecule has 6 heteroatoms. The highest BCUT2D eigenvalue weighted by Crippen LogP contribution is 2.59. The number of aliphatic carboxylic acids is 1. The van der Waals surface area contributed by atoms with Crippen LogP contribution >= 0.6 is 0 Å². The van der Waals surface area contributed by atoms with Gasteiger partial charge in [-0.2, -0.15) is 5.10 Å². The topological polar surface area (TPSA) is 75.4 Å². The minimum atomic E-state index is -0.694. The number of carboxylic acid groups (broad SMARTS) is 1. The monoisotopic (exact) mass is 367 g/mol. The summed E-state index contributed by atoms with van der Waals surface area (Å²) in [6.07, 6.45) is 3.97. The molecule has 2 fully saturated rings. The fraction of sp³-hybridized carbons (Fsp3) is 0.476. The summed E-state index contributed by atoms with van der Waals surface area (Å²) >= 11 is 0. The second-order valence-electron chi connectivity index (χ2n) is 8.09. The molecule has 1 aromatic carbocycles. The van der Waals surface area contributed by atoms with Crippen molar-refractivity contribution in [3.05, 3.63) is 46.8 Å². The zero-order chi connectivity index (χ0) is 19.3. The smallest absolute Gasteiger partial charge is 0.307 e. The van der Waals surface area contributed by atoms with Gasteiger partial charge in [-0.1, -0.05) is 12.1 Å². The Kier molecular flexibility index (Phi) is 4.09. The molecule has 142 valence electrons. The average Bonchev–Trinajstić information content (AvgIpc) is 3.21. The largest absolute Gasteiger partial charge is 0.481 e. The van der Waals surface area contributed by atoms with Gasteiger partial charge in [0.1, 0.15) is 0 Å². The van der Waals surface area contributed by atoms with Crippen LogP contribution in [-0.4, -0.2) is 44.8 Å². The molecular formula is C21H25N3O3. The third kappa shape index (κ3) is 2.93. The van der Waals surface area contributed by atoms with Gasteiger partial charge >= 0.3 is 5.97 Å². The first-order chi connectivity index (χ1) is 12.8. The number of nitrogens with zero attached hydrogens (tertiary/aromatic N) is 3. The van der Waals surface area contributed by atoms with Crippen LogP contribution in [0.4, 0.5) is 0 Å². The van der Waals surface area contributed by atoms with Crippen LogP contribution in [0.1, 0.15) is 46.4 Å². The van der Waals surface area contributed by atoms with E-state index in [1.165, 1.54) is 0 Å². The molecule has 1 unspecified atom stereocenters. The molecule has 6 nitrogen and oxygen atoms in total. The normalized spacial score (nSPS) is 20.7. The Labute approximate surface area is 158 Å². The Bertz CT molecular complexity index is 923. The van der Waals surface area contributed by atoms with Crippen molar-refractivity contribution in [2.24, 2.45) is 11.3 Å². The molecular weight excluding hydrogens is 342 g/mol. The Morgan fingerprint density at radius 2 is 1.89 bits per heavy atom. The van der Waals surface area contributed by atoms with Crippen LogP contribution in [0.2, 0.25) is 0 Å². The summed E-state index contributed by atoms with van der Waals surface area (Å²) in [6.45, 7) is 7.25. The van der Waals surface area contributed by atoms with Gasteiger partial charge in [0.15, 0.2) is 0 Å². The van der Waals surface area contributed by atoms with E-state index in [-0.39, 0.29) is 17.2 Å². The Morgan fingerprint density at radius 3 is 2.52 bits per heavy atom. The van der Waals surface area contributed by atoms with E-state index in [0.29, 0.717) is 18.7 Å². The molecule has 1 amide bonds. The van der Waals surface area contributed by atoms with E-state index in [9.17, 15) is 14.7 Å². The summed E-state index contributed by atoms with van der Waals surface area (Å²) in [4.78, 5) is 26.1. The number of carbonyl (C=O) groups excluding carboxylic acids is 1. The van der Waals surface area contributed by atoms with Crippen molar-refractivity contribution in [2.45, 2.75) is 40.0 Å². The van der Waals surface area contributed by atoms with E-state index in [1.807, 2.05) is 30.4 Å². The third-order valence-electron chi connectivity index (χ3n) is 6.37. The molecule has 2 heterocycles. The molecule has 1 N–H and O–H groups in total. The number of aryl methyl sites for hydroxylation is 2. The van der Waals surface area contributed by atoms with E-state index in [4.69, 9.17) is 0 Å². The predicted molar refractivity (Wildman–Crippen MR) is 101 cm³/mol. The van der Waals surface area contributed by atoms with E-state index >= 15 is 0 Å². The molecule has 4 rings (SSSR count). The van der Waals surface area contributed by atoms with Gasteiger partial charge in [-0.05, 0) is 62.6 Å². The van der Waals surface area contributed by atoms with Crippen LogP contribution in [0.25, 0.3) is 5.69 Å². The van der Waals surface area contributed by atoms with Crippen molar-refractivity contribution >= 4 is 11.9 Å². The van der Waals surface area contributed by atoms with Crippen LogP contribution in [0.5, 0.6) is 0 Å². The molecule has 1 aliphatic carbocycles. The van der Waals surface area contributed by atoms with Crippen LogP contribution in [0.15, 0.2) is 24.4 Å². The molecule has 1 aliphatic heterocycles. The number of hydrogen-bond donors (Lipinski definition) is 1. The number of rotatable bonds is 3. The van der Waals surface area contributed by atoms with Gasteiger partial charge in [-0.25, -0.2) is 4.68 Å². The van der Waals surface area contributed by atoms with E-state index in [0.717, 1.165) is 41.8 Å². The lowest BCUT2D eigenvalue weighted by atomic mass is 9.90. The summed E-state index contributed by atoms with van der Waals surface area (Å²) in [5.74, 6) is -0.921. The van der Waals surface area contributed by atoms with Crippen LogP contribution < -0.4 is 0 Å². The Balaban J connectivity index is 1.52. The zero-order valence-electron chi connectivity index (χ0n) is 16.0. The number of benzene rings is 1. The maximum Gasteiger partial charge on any atom is 0.307 e. The fourth-order valence-electron chi connectivity index (χ4n) is 4.38. The molecule has 2 aromatic rings. The number of piperidine rings is 1. The first kappa shape index (κ1) is 17.8. The van der Waals surface area contributed by atoms with Crippen molar-refractivity contribution in [1.82, 2.24) is 14.7 Å². The van der Waals surface area contributed by atoms with Crippen molar-refractivity contribution in [3.8, 4) is 5.69 Å². The first-order valence-electron chi connectivity index (χ1n) is 9.47. The van der Waals surface area contributed by atoms with Crippen LogP contribution in [0.3, 0.4) is 0 Å². The lowest BCUT2D eigenvalue weighted by molar-refractivity contribution is -0.139. The maximum atomic E-state index is 13.0. The standard InChI is InChI=1S/C21H25N3O3/c1-13-4-5-14(2)18(10-13)24-15(3)16(12-22-24)19(25)23-8-6-21(7-9-23)11-17(21)20(26)27/h4-5,10,12,17H,6-9,11H2,1-3H3,(H,26,27). The Hall–Kier alpha value is -2.63. The molecule has 0 bridgehead atoms. The number of aromatic nitrogens is 2. The van der Waals surface area contributed by atoms with Crippen LogP contribution in [-0.2, 0) is 4.79 Å². The summed E-state index contributed by atoms with van der Waals surface area (Å²) < 4.78 is 1.84. The summed E-state index contributed by atoms with van der Waals surface area (Å²) in [6, 6.07) is 6.20. The minimum Gasteiger partial charge on any atom is -0.481 e. The molecule has 1 atom stereocenters. The van der Waals surface area contributed by atoms with Crippen LogP contribution in [0, 0.1) is 32.1 Å². The quantitative estimate of drug-likeness (QED) is 0.904. The van der Waals surface area contributed by atoms with Crippen molar-refractivity contribution in [2.75, 3.05) is 13.1 Å². The highest BCUT2D eigenvalue weighted by Gasteiger charge is 2.59. The molecule has 1 saturated carbocycles. The SMILES string of the molecule is Cc1ccc(C)c(-n2ncc(C(=O)N3CCC4(CC3)CC4C(=O)O)c2C)c1. The van der Waals surface area contributed by atoms with Gasteiger partial charge < -0.3 is 10.0 Å². The summed E-state index contributed by atoms with van der Waals surface area (Å²) in [7, 11) is 0. The van der Waals surface area contributed by atoms with Crippen molar-refractivity contribution in [1.29, 1.82) is 0 Å². The number of likely N-dealkylation sites (tertiary alicyclic amines) is 1. The molecule has 1 spiro atoms. The lowest BCUT2D eigenvalue weighted by Gasteiger charge is -2.32. The van der Waals surface area contributed by atoms with Crippen molar-refractivity contribution in [3.63, 3.8) is 0 Å². The summed E-state index contributed by atoms with van der Waals surface area (Å²) in [5.41, 5.74) is 4.64. The van der Waals surface area contributed by atoms with Gasteiger partial charge in [-0.3, -0.25) is 9.59 Å². The van der Waals surface area contributed by atoms with Gasteiger partial charge in [0.05, 0.1) is 29.1 Å². The summed E-state index contributed by atoms with van der Waals surface area (Å²) in [5, 5.41) is 13.7. The van der Waals surface area contributed by atoms with Gasteiger partial charge in [0.2, 0.25) is 0 Å². The second kappa shape index (κ2) is 6.22. The number of carbonyl (C=O) groups is 2. The highest BCUT2D eigenvalue weighted by molar-refractivity contribution is 5.95. The number of carboxylic acids is 1. The van der Waals surface area contributed by atoms with E-state index in [2.05, 4.69) is 23.3 Å².